The number of rotatable bonds is 5. The van der Waals surface area contributed by atoms with Crippen LogP contribution in [0.25, 0.3) is 11.0 Å². The lowest BCUT2D eigenvalue weighted by molar-refractivity contribution is 0.0979. The summed E-state index contributed by atoms with van der Waals surface area (Å²) >= 11 is 0. The summed E-state index contributed by atoms with van der Waals surface area (Å²) in [5.74, 6) is 1.47. The number of furan rings is 1. The van der Waals surface area contributed by atoms with Gasteiger partial charge in [0.15, 0.2) is 0 Å². The Morgan fingerprint density at radius 3 is 2.81 bits per heavy atom. The number of benzene rings is 1. The Labute approximate surface area is 153 Å². The third kappa shape index (κ3) is 3.45. The Balaban J connectivity index is 1.42. The van der Waals surface area contributed by atoms with Crippen molar-refractivity contribution in [1.29, 1.82) is 0 Å². The molecular formula is C21H24N2O3. The van der Waals surface area contributed by atoms with Gasteiger partial charge >= 0.3 is 0 Å². The lowest BCUT2D eigenvalue weighted by atomic mass is 10.1. The Bertz CT molecular complexity index is 868. The molecule has 4 rings (SSSR count). The lowest BCUT2D eigenvalue weighted by Gasteiger charge is -2.32. The van der Waals surface area contributed by atoms with Crippen LogP contribution in [0.15, 0.2) is 47.1 Å². The molecule has 0 unspecified atom stereocenters. The van der Waals surface area contributed by atoms with Gasteiger partial charge < -0.3 is 14.3 Å². The van der Waals surface area contributed by atoms with E-state index < -0.39 is 0 Å². The van der Waals surface area contributed by atoms with Crippen LogP contribution >= 0.6 is 0 Å². The number of nitrogens with zero attached hydrogens (tertiary/aromatic N) is 2. The zero-order chi connectivity index (χ0) is 17.9. The van der Waals surface area contributed by atoms with Gasteiger partial charge in [-0.3, -0.25) is 9.88 Å². The highest BCUT2D eigenvalue weighted by molar-refractivity contribution is 5.88. The summed E-state index contributed by atoms with van der Waals surface area (Å²) in [5, 5.41) is 10.4. The standard InChI is InChI=1S/C21H24N2O3/c1-15-20(14-24)26-19-6-2-5-18(21(15)19)25-17-7-10-23(11-8-17)13-16-4-3-9-22-12-16/h2-6,9,12,17,24H,7-8,10-11,13-14H2,1H3. The first kappa shape index (κ1) is 17.1. The van der Waals surface area contributed by atoms with Gasteiger partial charge in [0.05, 0.1) is 5.39 Å². The molecule has 1 N–H and O–H groups in total. The highest BCUT2D eigenvalue weighted by Crippen LogP contribution is 2.34. The first-order chi connectivity index (χ1) is 12.7. The van der Waals surface area contributed by atoms with Crippen LogP contribution in [-0.2, 0) is 13.2 Å². The van der Waals surface area contributed by atoms with E-state index in [9.17, 15) is 5.11 Å². The van der Waals surface area contributed by atoms with Crippen molar-refractivity contribution in [3.8, 4) is 5.75 Å². The molecule has 2 aromatic heterocycles. The van der Waals surface area contributed by atoms with Crippen molar-refractivity contribution in [2.24, 2.45) is 0 Å². The van der Waals surface area contributed by atoms with Crippen LogP contribution in [-0.4, -0.2) is 34.2 Å². The number of ether oxygens (including phenoxy) is 1. The fourth-order valence-corrected chi connectivity index (χ4v) is 3.68. The number of piperidine rings is 1. The maximum absolute atomic E-state index is 9.44. The van der Waals surface area contributed by atoms with Crippen molar-refractivity contribution in [2.45, 2.75) is 39.0 Å². The van der Waals surface area contributed by atoms with Gasteiger partial charge in [0.1, 0.15) is 29.8 Å². The van der Waals surface area contributed by atoms with Gasteiger partial charge in [-0.15, -0.1) is 0 Å². The Morgan fingerprint density at radius 2 is 2.08 bits per heavy atom. The molecule has 0 spiro atoms. The predicted octanol–water partition coefficient (Wildman–Crippen LogP) is 3.67. The zero-order valence-corrected chi connectivity index (χ0v) is 15.0. The van der Waals surface area contributed by atoms with Crippen molar-refractivity contribution in [3.05, 3.63) is 59.6 Å². The first-order valence-electron chi connectivity index (χ1n) is 9.14. The second kappa shape index (κ2) is 7.48. The SMILES string of the molecule is Cc1c(CO)oc2cccc(OC3CCN(Cc4cccnc4)CC3)c12. The zero-order valence-electron chi connectivity index (χ0n) is 15.0. The molecule has 1 aliphatic rings. The molecule has 0 amide bonds. The number of likely N-dealkylation sites (tertiary alicyclic amines) is 1. The lowest BCUT2D eigenvalue weighted by Crippen LogP contribution is -2.37. The van der Waals surface area contributed by atoms with Gasteiger partial charge in [-0.05, 0) is 43.5 Å². The van der Waals surface area contributed by atoms with Crippen molar-refractivity contribution in [3.63, 3.8) is 0 Å². The number of hydrogen-bond acceptors (Lipinski definition) is 5. The van der Waals surface area contributed by atoms with Crippen LogP contribution in [0.5, 0.6) is 5.75 Å². The Morgan fingerprint density at radius 1 is 1.23 bits per heavy atom. The van der Waals surface area contributed by atoms with E-state index >= 15 is 0 Å². The average Bonchev–Trinajstić information content (AvgIpc) is 3.01. The van der Waals surface area contributed by atoms with E-state index in [0.29, 0.717) is 5.76 Å². The van der Waals surface area contributed by atoms with E-state index in [1.165, 1.54) is 5.56 Å². The number of aromatic nitrogens is 1. The minimum Gasteiger partial charge on any atom is -0.490 e. The number of pyridine rings is 1. The molecule has 1 fully saturated rings. The van der Waals surface area contributed by atoms with Crippen molar-refractivity contribution < 1.29 is 14.3 Å². The van der Waals surface area contributed by atoms with Crippen molar-refractivity contribution in [2.75, 3.05) is 13.1 Å². The maximum Gasteiger partial charge on any atom is 0.138 e. The first-order valence-corrected chi connectivity index (χ1v) is 9.14. The second-order valence-electron chi connectivity index (χ2n) is 6.89. The third-order valence-corrected chi connectivity index (χ3v) is 5.12. The highest BCUT2D eigenvalue weighted by Gasteiger charge is 2.22. The summed E-state index contributed by atoms with van der Waals surface area (Å²) < 4.78 is 12.0. The van der Waals surface area contributed by atoms with E-state index in [1.54, 1.807) is 0 Å². The maximum atomic E-state index is 9.44. The fourth-order valence-electron chi connectivity index (χ4n) is 3.68. The second-order valence-corrected chi connectivity index (χ2v) is 6.89. The molecule has 26 heavy (non-hydrogen) atoms. The summed E-state index contributed by atoms with van der Waals surface area (Å²) in [5.41, 5.74) is 2.99. The quantitative estimate of drug-likeness (QED) is 0.759. The summed E-state index contributed by atoms with van der Waals surface area (Å²) in [6.45, 7) is 4.86. The van der Waals surface area contributed by atoms with Gasteiger partial charge in [-0.2, -0.15) is 0 Å². The molecule has 0 atom stereocenters. The number of aryl methyl sites for hydroxylation is 1. The molecule has 0 radical (unpaired) electrons. The van der Waals surface area contributed by atoms with E-state index in [0.717, 1.165) is 54.8 Å². The molecule has 136 valence electrons. The van der Waals surface area contributed by atoms with Crippen molar-refractivity contribution >= 4 is 11.0 Å². The summed E-state index contributed by atoms with van der Waals surface area (Å²) in [6.07, 6.45) is 5.95. The molecular weight excluding hydrogens is 328 g/mol. The fraction of sp³-hybridized carbons (Fsp3) is 0.381. The highest BCUT2D eigenvalue weighted by atomic mass is 16.5. The smallest absolute Gasteiger partial charge is 0.138 e. The van der Waals surface area contributed by atoms with Gasteiger partial charge in [0.25, 0.3) is 0 Å². The summed E-state index contributed by atoms with van der Waals surface area (Å²) in [4.78, 5) is 6.64. The van der Waals surface area contributed by atoms with E-state index in [4.69, 9.17) is 9.15 Å². The van der Waals surface area contributed by atoms with Crippen LogP contribution in [0.4, 0.5) is 0 Å². The Kier molecular flexibility index (Phi) is 4.91. The summed E-state index contributed by atoms with van der Waals surface area (Å²) in [7, 11) is 0. The number of fused-ring (bicyclic) bond motifs is 1. The molecule has 1 aromatic carbocycles. The van der Waals surface area contributed by atoms with E-state index in [2.05, 4.69) is 16.0 Å². The van der Waals surface area contributed by atoms with Crippen LogP contribution in [0.1, 0.15) is 29.7 Å². The molecule has 3 heterocycles. The van der Waals surface area contributed by atoms with Crippen LogP contribution < -0.4 is 4.74 Å². The van der Waals surface area contributed by atoms with Crippen molar-refractivity contribution in [1.82, 2.24) is 9.88 Å². The molecule has 1 aliphatic heterocycles. The molecule has 5 nitrogen and oxygen atoms in total. The molecule has 0 bridgehead atoms. The Hall–Kier alpha value is -2.37. The van der Waals surface area contributed by atoms with Gasteiger partial charge in [-0.25, -0.2) is 0 Å². The largest absolute Gasteiger partial charge is 0.490 e. The van der Waals surface area contributed by atoms with Crippen LogP contribution in [0.2, 0.25) is 0 Å². The number of aliphatic hydroxyl groups is 1. The molecule has 3 aromatic rings. The molecule has 0 aliphatic carbocycles. The number of aliphatic hydroxyl groups excluding tert-OH is 1. The topological polar surface area (TPSA) is 58.7 Å². The molecule has 1 saturated heterocycles. The van der Waals surface area contributed by atoms with Crippen LogP contribution in [0.3, 0.4) is 0 Å². The third-order valence-electron chi connectivity index (χ3n) is 5.12. The molecule has 0 saturated carbocycles. The summed E-state index contributed by atoms with van der Waals surface area (Å²) in [6, 6.07) is 9.97. The minimum atomic E-state index is -0.0906. The number of hydrogen-bond donors (Lipinski definition) is 1. The van der Waals surface area contributed by atoms with Gasteiger partial charge in [-0.1, -0.05) is 12.1 Å². The molecule has 5 heteroatoms. The minimum absolute atomic E-state index is 0.0906. The monoisotopic (exact) mass is 352 g/mol. The van der Waals surface area contributed by atoms with Crippen LogP contribution in [0, 0.1) is 6.92 Å². The normalized spacial score (nSPS) is 16.2. The van der Waals surface area contributed by atoms with E-state index in [-0.39, 0.29) is 12.7 Å². The van der Waals surface area contributed by atoms with Gasteiger partial charge in [0.2, 0.25) is 0 Å². The predicted molar refractivity (Wildman–Crippen MR) is 100 cm³/mol. The van der Waals surface area contributed by atoms with Gasteiger partial charge in [0, 0.05) is 37.6 Å². The van der Waals surface area contributed by atoms with E-state index in [1.807, 2.05) is 43.6 Å². The average molecular weight is 352 g/mol.